The molecule has 1 heterocycles. The van der Waals surface area contributed by atoms with Crippen molar-refractivity contribution >= 4 is 15.1 Å². The standard InChI is InChI=1S/C14H28NOP/c1-12(2)5-3-4-6-13-7-9-15(10-8-13)14(16)11-17/h12-13H,3-11,17H2,1-2H3. The van der Waals surface area contributed by atoms with Gasteiger partial charge in [0.25, 0.3) is 0 Å². The molecule has 3 heteroatoms. The summed E-state index contributed by atoms with van der Waals surface area (Å²) in [6.07, 6.45) is 8.51. The van der Waals surface area contributed by atoms with Crippen LogP contribution in [0, 0.1) is 11.8 Å². The molecule has 17 heavy (non-hydrogen) atoms. The Balaban J connectivity index is 2.09. The molecule has 0 aromatic carbocycles. The fourth-order valence-corrected chi connectivity index (χ4v) is 2.84. The zero-order valence-corrected chi connectivity index (χ0v) is 12.6. The van der Waals surface area contributed by atoms with Gasteiger partial charge in [0.05, 0.1) is 0 Å². The summed E-state index contributed by atoms with van der Waals surface area (Å²) in [5, 5.41) is 0. The van der Waals surface area contributed by atoms with Gasteiger partial charge in [-0.1, -0.05) is 39.5 Å². The molecule has 2 nitrogen and oxygen atoms in total. The van der Waals surface area contributed by atoms with Crippen molar-refractivity contribution in [3.63, 3.8) is 0 Å². The molecule has 0 radical (unpaired) electrons. The Labute approximate surface area is 109 Å². The first-order valence-electron chi connectivity index (χ1n) is 7.11. The van der Waals surface area contributed by atoms with E-state index in [0.29, 0.717) is 12.1 Å². The summed E-state index contributed by atoms with van der Waals surface area (Å²) in [6.45, 7) is 6.57. The Morgan fingerprint density at radius 1 is 1.29 bits per heavy atom. The van der Waals surface area contributed by atoms with Gasteiger partial charge >= 0.3 is 0 Å². The topological polar surface area (TPSA) is 20.3 Å². The highest BCUT2D eigenvalue weighted by Crippen LogP contribution is 2.23. The lowest BCUT2D eigenvalue weighted by Crippen LogP contribution is -2.39. The Bertz CT molecular complexity index is 222. The molecule has 1 amide bonds. The van der Waals surface area contributed by atoms with Crippen molar-refractivity contribution < 1.29 is 4.79 Å². The van der Waals surface area contributed by atoms with Crippen LogP contribution in [0.25, 0.3) is 0 Å². The third-order valence-corrected chi connectivity index (χ3v) is 4.13. The van der Waals surface area contributed by atoms with Gasteiger partial charge in [-0.15, -0.1) is 9.24 Å². The van der Waals surface area contributed by atoms with Gasteiger partial charge in [0.15, 0.2) is 0 Å². The van der Waals surface area contributed by atoms with Crippen LogP contribution in [0.1, 0.15) is 52.4 Å². The summed E-state index contributed by atoms with van der Waals surface area (Å²) in [4.78, 5) is 13.5. The van der Waals surface area contributed by atoms with Gasteiger partial charge in [-0.3, -0.25) is 4.79 Å². The minimum Gasteiger partial charge on any atom is -0.342 e. The Kier molecular flexibility index (Phi) is 7.11. The van der Waals surface area contributed by atoms with Crippen LogP contribution in [-0.4, -0.2) is 30.1 Å². The van der Waals surface area contributed by atoms with E-state index in [-0.39, 0.29) is 0 Å². The number of nitrogens with zero attached hydrogens (tertiary/aromatic N) is 1. The molecule has 0 spiro atoms. The minimum atomic E-state index is 0.299. The average molecular weight is 257 g/mol. The van der Waals surface area contributed by atoms with Crippen molar-refractivity contribution in [2.75, 3.05) is 19.3 Å². The highest BCUT2D eigenvalue weighted by atomic mass is 31.0. The van der Waals surface area contributed by atoms with E-state index in [0.717, 1.165) is 24.9 Å². The second-order valence-electron chi connectivity index (χ2n) is 5.71. The predicted octanol–water partition coefficient (Wildman–Crippen LogP) is 3.32. The second-order valence-corrected chi connectivity index (χ2v) is 6.11. The molecule has 0 saturated carbocycles. The second kappa shape index (κ2) is 8.08. The lowest BCUT2D eigenvalue weighted by Gasteiger charge is -2.31. The smallest absolute Gasteiger partial charge is 0.226 e. The molecule has 0 N–H and O–H groups in total. The van der Waals surface area contributed by atoms with Crippen molar-refractivity contribution in [1.82, 2.24) is 4.90 Å². The van der Waals surface area contributed by atoms with E-state index in [9.17, 15) is 4.79 Å². The van der Waals surface area contributed by atoms with E-state index in [2.05, 4.69) is 23.1 Å². The van der Waals surface area contributed by atoms with E-state index in [1.165, 1.54) is 38.5 Å². The largest absolute Gasteiger partial charge is 0.342 e. The molecule has 0 bridgehead atoms. The first-order valence-corrected chi connectivity index (χ1v) is 7.93. The maximum absolute atomic E-state index is 11.5. The van der Waals surface area contributed by atoms with Gasteiger partial charge in [0, 0.05) is 19.3 Å². The lowest BCUT2D eigenvalue weighted by atomic mass is 9.90. The number of carbonyl (C=O) groups excluding carboxylic acids is 1. The monoisotopic (exact) mass is 257 g/mol. The summed E-state index contributed by atoms with van der Waals surface area (Å²) >= 11 is 0. The van der Waals surface area contributed by atoms with Crippen molar-refractivity contribution in [3.05, 3.63) is 0 Å². The summed E-state index contributed by atoms with van der Waals surface area (Å²) in [5.74, 6) is 2.01. The molecular formula is C14H28NOP. The van der Waals surface area contributed by atoms with Crippen molar-refractivity contribution in [2.24, 2.45) is 11.8 Å². The van der Waals surface area contributed by atoms with Crippen LogP contribution < -0.4 is 0 Å². The highest BCUT2D eigenvalue weighted by molar-refractivity contribution is 7.18. The van der Waals surface area contributed by atoms with E-state index in [4.69, 9.17) is 0 Å². The van der Waals surface area contributed by atoms with Crippen LogP contribution in [-0.2, 0) is 4.79 Å². The minimum absolute atomic E-state index is 0.299. The fraction of sp³-hybridized carbons (Fsp3) is 0.929. The van der Waals surface area contributed by atoms with Crippen molar-refractivity contribution in [3.8, 4) is 0 Å². The van der Waals surface area contributed by atoms with Gasteiger partial charge in [-0.2, -0.15) is 0 Å². The maximum Gasteiger partial charge on any atom is 0.226 e. The summed E-state index contributed by atoms with van der Waals surface area (Å²) in [6, 6.07) is 0. The average Bonchev–Trinajstić information content (AvgIpc) is 2.34. The molecular weight excluding hydrogens is 229 g/mol. The first-order chi connectivity index (χ1) is 8.13. The first kappa shape index (κ1) is 15.0. The van der Waals surface area contributed by atoms with E-state index in [1.807, 2.05) is 4.90 Å². The van der Waals surface area contributed by atoms with Crippen LogP contribution in [0.3, 0.4) is 0 Å². The molecule has 1 aliphatic heterocycles. The molecule has 1 atom stereocenters. The van der Waals surface area contributed by atoms with Gasteiger partial charge in [-0.05, 0) is 24.7 Å². The molecule has 1 saturated heterocycles. The normalized spacial score (nSPS) is 17.8. The number of carbonyl (C=O) groups is 1. The van der Waals surface area contributed by atoms with Crippen LogP contribution in [0.4, 0.5) is 0 Å². The predicted molar refractivity (Wildman–Crippen MR) is 77.2 cm³/mol. The summed E-state index contributed by atoms with van der Waals surface area (Å²) in [7, 11) is 2.53. The van der Waals surface area contributed by atoms with Gasteiger partial charge in [-0.25, -0.2) is 0 Å². The molecule has 1 unspecified atom stereocenters. The van der Waals surface area contributed by atoms with Crippen LogP contribution >= 0.6 is 9.24 Å². The highest BCUT2D eigenvalue weighted by Gasteiger charge is 2.21. The molecule has 1 rings (SSSR count). The molecule has 100 valence electrons. The lowest BCUT2D eigenvalue weighted by molar-refractivity contribution is -0.129. The Hall–Kier alpha value is -0.100. The molecule has 1 aliphatic rings. The van der Waals surface area contributed by atoms with Crippen molar-refractivity contribution in [1.29, 1.82) is 0 Å². The van der Waals surface area contributed by atoms with Gasteiger partial charge < -0.3 is 4.90 Å². The number of piperidine rings is 1. The molecule has 0 aromatic heterocycles. The molecule has 0 aliphatic carbocycles. The third-order valence-electron chi connectivity index (χ3n) is 3.79. The van der Waals surface area contributed by atoms with Crippen LogP contribution in [0.15, 0.2) is 0 Å². The zero-order chi connectivity index (χ0) is 12.7. The number of hydrogen-bond donors (Lipinski definition) is 0. The van der Waals surface area contributed by atoms with E-state index >= 15 is 0 Å². The zero-order valence-electron chi connectivity index (χ0n) is 11.5. The van der Waals surface area contributed by atoms with Crippen LogP contribution in [0.5, 0.6) is 0 Å². The quantitative estimate of drug-likeness (QED) is 0.528. The summed E-state index contributed by atoms with van der Waals surface area (Å²) in [5.41, 5.74) is 0. The number of hydrogen-bond acceptors (Lipinski definition) is 1. The molecule has 1 fully saturated rings. The van der Waals surface area contributed by atoms with Crippen LogP contribution in [0.2, 0.25) is 0 Å². The van der Waals surface area contributed by atoms with E-state index in [1.54, 1.807) is 0 Å². The number of amides is 1. The van der Waals surface area contributed by atoms with E-state index < -0.39 is 0 Å². The Morgan fingerprint density at radius 3 is 2.47 bits per heavy atom. The maximum atomic E-state index is 11.5. The number of likely N-dealkylation sites (tertiary alicyclic amines) is 1. The fourth-order valence-electron chi connectivity index (χ4n) is 2.59. The van der Waals surface area contributed by atoms with Gasteiger partial charge in [0.1, 0.15) is 0 Å². The van der Waals surface area contributed by atoms with Gasteiger partial charge in [0.2, 0.25) is 5.91 Å². The van der Waals surface area contributed by atoms with Crippen molar-refractivity contribution in [2.45, 2.75) is 52.4 Å². The SMILES string of the molecule is CC(C)CCCCC1CCN(C(=O)CP)CC1. The Morgan fingerprint density at radius 2 is 1.94 bits per heavy atom. The molecule has 0 aromatic rings. The summed E-state index contributed by atoms with van der Waals surface area (Å²) < 4.78 is 0. The number of rotatable bonds is 6. The third kappa shape index (κ3) is 5.86. The number of unbranched alkanes of at least 4 members (excludes halogenated alkanes) is 1.